The Kier molecular flexibility index (Phi) is 3.50. The van der Waals surface area contributed by atoms with Crippen molar-refractivity contribution in [2.24, 2.45) is 5.92 Å². The van der Waals surface area contributed by atoms with E-state index in [-0.39, 0.29) is 17.6 Å². The van der Waals surface area contributed by atoms with Gasteiger partial charge in [0.25, 0.3) is 0 Å². The maximum atomic E-state index is 13.3. The van der Waals surface area contributed by atoms with E-state index in [2.05, 4.69) is 15.9 Å². The SMILES string of the molecule is O=C1CC(CCl)CN1c1cccc(F)c1Br. The first-order valence-electron chi connectivity index (χ1n) is 4.94. The number of anilines is 1. The molecule has 1 amide bonds. The molecule has 1 unspecified atom stereocenters. The lowest BCUT2D eigenvalue weighted by Gasteiger charge is -2.18. The quantitative estimate of drug-likeness (QED) is 0.769. The molecule has 16 heavy (non-hydrogen) atoms. The van der Waals surface area contributed by atoms with E-state index in [1.54, 1.807) is 17.0 Å². The number of halogens is 3. The lowest BCUT2D eigenvalue weighted by molar-refractivity contribution is -0.117. The van der Waals surface area contributed by atoms with E-state index in [1.165, 1.54) is 6.07 Å². The number of alkyl halides is 1. The van der Waals surface area contributed by atoms with Gasteiger partial charge in [0.1, 0.15) is 5.82 Å². The predicted molar refractivity (Wildman–Crippen MR) is 65.3 cm³/mol. The highest BCUT2D eigenvalue weighted by molar-refractivity contribution is 9.10. The zero-order chi connectivity index (χ0) is 11.7. The van der Waals surface area contributed by atoms with Crippen LogP contribution in [0.4, 0.5) is 10.1 Å². The van der Waals surface area contributed by atoms with Gasteiger partial charge in [-0.3, -0.25) is 4.79 Å². The second-order valence-electron chi connectivity index (χ2n) is 3.80. The summed E-state index contributed by atoms with van der Waals surface area (Å²) in [5.41, 5.74) is 0.581. The maximum Gasteiger partial charge on any atom is 0.227 e. The molecule has 0 aromatic heterocycles. The molecule has 1 aliphatic rings. The zero-order valence-corrected chi connectivity index (χ0v) is 10.8. The van der Waals surface area contributed by atoms with Crippen LogP contribution in [-0.2, 0) is 4.79 Å². The van der Waals surface area contributed by atoms with Crippen molar-refractivity contribution in [1.29, 1.82) is 0 Å². The van der Waals surface area contributed by atoms with Crippen molar-refractivity contribution >= 4 is 39.1 Å². The number of hydrogen-bond acceptors (Lipinski definition) is 1. The van der Waals surface area contributed by atoms with Gasteiger partial charge >= 0.3 is 0 Å². The molecule has 1 atom stereocenters. The highest BCUT2D eigenvalue weighted by atomic mass is 79.9. The molecule has 1 aromatic rings. The molecule has 5 heteroatoms. The van der Waals surface area contributed by atoms with E-state index in [9.17, 15) is 9.18 Å². The first kappa shape index (κ1) is 11.9. The van der Waals surface area contributed by atoms with Crippen LogP contribution < -0.4 is 4.90 Å². The third-order valence-electron chi connectivity index (χ3n) is 2.65. The summed E-state index contributed by atoms with van der Waals surface area (Å²) in [5, 5.41) is 0. The van der Waals surface area contributed by atoms with Gasteiger partial charge in [0, 0.05) is 18.8 Å². The Bertz CT molecular complexity index is 426. The fraction of sp³-hybridized carbons (Fsp3) is 0.364. The first-order chi connectivity index (χ1) is 7.63. The Morgan fingerprint density at radius 1 is 1.56 bits per heavy atom. The maximum absolute atomic E-state index is 13.3. The van der Waals surface area contributed by atoms with Gasteiger partial charge in [-0.2, -0.15) is 0 Å². The van der Waals surface area contributed by atoms with Crippen LogP contribution >= 0.6 is 27.5 Å². The minimum atomic E-state index is -0.361. The Balaban J connectivity index is 2.31. The van der Waals surface area contributed by atoms with Gasteiger partial charge in [-0.25, -0.2) is 4.39 Å². The molecule has 0 saturated carbocycles. The fourth-order valence-electron chi connectivity index (χ4n) is 1.82. The summed E-state index contributed by atoms with van der Waals surface area (Å²) in [6, 6.07) is 4.67. The van der Waals surface area contributed by atoms with Gasteiger partial charge < -0.3 is 4.90 Å². The molecule has 1 aliphatic heterocycles. The third-order valence-corrected chi connectivity index (χ3v) is 3.87. The van der Waals surface area contributed by atoms with Crippen LogP contribution in [0.25, 0.3) is 0 Å². The Morgan fingerprint density at radius 2 is 2.31 bits per heavy atom. The number of carbonyl (C=O) groups excluding carboxylic acids is 1. The Hall–Kier alpha value is -0.610. The van der Waals surface area contributed by atoms with Crippen molar-refractivity contribution in [2.45, 2.75) is 6.42 Å². The van der Waals surface area contributed by atoms with Crippen LogP contribution in [0.1, 0.15) is 6.42 Å². The van der Waals surface area contributed by atoms with E-state index in [0.717, 1.165) is 0 Å². The molecule has 86 valence electrons. The van der Waals surface area contributed by atoms with E-state index in [0.29, 0.717) is 29.0 Å². The number of rotatable bonds is 2. The van der Waals surface area contributed by atoms with E-state index in [4.69, 9.17) is 11.6 Å². The topological polar surface area (TPSA) is 20.3 Å². The van der Waals surface area contributed by atoms with Gasteiger partial charge in [0.2, 0.25) is 5.91 Å². The fourth-order valence-corrected chi connectivity index (χ4v) is 2.50. The minimum Gasteiger partial charge on any atom is -0.311 e. The Morgan fingerprint density at radius 3 is 2.94 bits per heavy atom. The molecule has 0 aliphatic carbocycles. The molecule has 1 heterocycles. The molecule has 1 saturated heterocycles. The first-order valence-corrected chi connectivity index (χ1v) is 6.26. The van der Waals surface area contributed by atoms with Gasteiger partial charge in [-0.15, -0.1) is 11.6 Å². The van der Waals surface area contributed by atoms with Crippen LogP contribution in [0.2, 0.25) is 0 Å². The van der Waals surface area contributed by atoms with Crippen LogP contribution in [0.5, 0.6) is 0 Å². The summed E-state index contributed by atoms with van der Waals surface area (Å²) < 4.78 is 13.7. The monoisotopic (exact) mass is 305 g/mol. The highest BCUT2D eigenvalue weighted by Gasteiger charge is 2.31. The van der Waals surface area contributed by atoms with Crippen molar-refractivity contribution in [1.82, 2.24) is 0 Å². The lowest BCUT2D eigenvalue weighted by atomic mass is 10.1. The molecule has 1 aromatic carbocycles. The van der Waals surface area contributed by atoms with Crippen LogP contribution in [0.3, 0.4) is 0 Å². The number of carbonyl (C=O) groups is 1. The summed E-state index contributed by atoms with van der Waals surface area (Å²) >= 11 is 8.89. The second-order valence-corrected chi connectivity index (χ2v) is 4.90. The molecule has 2 nitrogen and oxygen atoms in total. The van der Waals surface area contributed by atoms with Gasteiger partial charge in [-0.1, -0.05) is 6.07 Å². The molecule has 0 spiro atoms. The Labute approximate surface area is 107 Å². The number of hydrogen-bond donors (Lipinski definition) is 0. The second kappa shape index (κ2) is 4.72. The van der Waals surface area contributed by atoms with Crippen LogP contribution in [-0.4, -0.2) is 18.3 Å². The van der Waals surface area contributed by atoms with Crippen molar-refractivity contribution in [3.63, 3.8) is 0 Å². The molecule has 0 radical (unpaired) electrons. The van der Waals surface area contributed by atoms with Gasteiger partial charge in [0.15, 0.2) is 0 Å². The smallest absolute Gasteiger partial charge is 0.227 e. The number of benzene rings is 1. The molecule has 2 rings (SSSR count). The zero-order valence-electron chi connectivity index (χ0n) is 8.42. The normalized spacial score (nSPS) is 20.6. The highest BCUT2D eigenvalue weighted by Crippen LogP contribution is 2.33. The summed E-state index contributed by atoms with van der Waals surface area (Å²) in [6.07, 6.45) is 0.437. The van der Waals surface area contributed by atoms with Crippen molar-refractivity contribution < 1.29 is 9.18 Å². The summed E-state index contributed by atoms with van der Waals surface area (Å²) in [7, 11) is 0. The van der Waals surface area contributed by atoms with Crippen molar-refractivity contribution in [3.05, 3.63) is 28.5 Å². The van der Waals surface area contributed by atoms with E-state index in [1.807, 2.05) is 0 Å². The number of amides is 1. The lowest BCUT2D eigenvalue weighted by Crippen LogP contribution is -2.25. The van der Waals surface area contributed by atoms with Crippen molar-refractivity contribution in [3.8, 4) is 0 Å². The van der Waals surface area contributed by atoms with Crippen LogP contribution in [0, 0.1) is 11.7 Å². The minimum absolute atomic E-state index is 0.00282. The molecule has 0 bridgehead atoms. The average Bonchev–Trinajstić information content (AvgIpc) is 2.64. The predicted octanol–water partition coefficient (Wildman–Crippen LogP) is 3.18. The standard InChI is InChI=1S/C11H10BrClFNO/c12-11-8(14)2-1-3-9(11)15-6-7(5-13)4-10(15)16/h1-3,7H,4-6H2. The van der Waals surface area contributed by atoms with Crippen molar-refractivity contribution in [2.75, 3.05) is 17.3 Å². The molecule has 1 fully saturated rings. The molecular formula is C11H10BrClFNO. The van der Waals surface area contributed by atoms with E-state index >= 15 is 0 Å². The van der Waals surface area contributed by atoms with E-state index < -0.39 is 0 Å². The summed E-state index contributed by atoms with van der Waals surface area (Å²) in [6.45, 7) is 0.560. The summed E-state index contributed by atoms with van der Waals surface area (Å²) in [5.74, 6) is 0.246. The number of nitrogens with zero attached hydrogens (tertiary/aromatic N) is 1. The third kappa shape index (κ3) is 2.09. The average molecular weight is 307 g/mol. The van der Waals surface area contributed by atoms with Crippen LogP contribution in [0.15, 0.2) is 22.7 Å². The van der Waals surface area contributed by atoms with Gasteiger partial charge in [-0.05, 0) is 34.0 Å². The summed E-state index contributed by atoms with van der Waals surface area (Å²) in [4.78, 5) is 13.3. The largest absolute Gasteiger partial charge is 0.311 e. The van der Waals surface area contributed by atoms with Gasteiger partial charge in [0.05, 0.1) is 10.2 Å². The molecule has 0 N–H and O–H groups in total. The molecular weight excluding hydrogens is 296 g/mol.